The maximum absolute atomic E-state index is 13.0. The molecule has 1 aliphatic rings. The number of para-hydroxylation sites is 1. The number of carbonyl (C=O) groups is 2. The number of amides is 2. The Balaban J connectivity index is 1.97. The summed E-state index contributed by atoms with van der Waals surface area (Å²) in [5.41, 5.74) is -1.21. The molecule has 1 fully saturated rings. The molecule has 1 unspecified atom stereocenters. The average Bonchev–Trinajstić information content (AvgIpc) is 3.05. The van der Waals surface area contributed by atoms with Crippen molar-refractivity contribution in [3.8, 4) is 0 Å². The van der Waals surface area contributed by atoms with Crippen LogP contribution in [0.3, 0.4) is 0 Å². The molecule has 1 heterocycles. The van der Waals surface area contributed by atoms with Crippen LogP contribution in [0.5, 0.6) is 0 Å². The largest absolute Gasteiger partial charge is 0.418 e. The summed E-state index contributed by atoms with van der Waals surface area (Å²) in [6.45, 7) is 2.66. The van der Waals surface area contributed by atoms with Gasteiger partial charge in [-0.15, -0.1) is 0 Å². The van der Waals surface area contributed by atoms with Crippen LogP contribution in [0.15, 0.2) is 24.3 Å². The van der Waals surface area contributed by atoms with Gasteiger partial charge in [0.1, 0.15) is 0 Å². The van der Waals surface area contributed by atoms with Crippen molar-refractivity contribution < 1.29 is 22.8 Å². The van der Waals surface area contributed by atoms with Crippen molar-refractivity contribution in [3.05, 3.63) is 29.8 Å². The zero-order valence-corrected chi connectivity index (χ0v) is 14.0. The zero-order valence-electron chi connectivity index (χ0n) is 14.0. The first-order chi connectivity index (χ1) is 11.8. The number of halogens is 3. The monoisotopic (exact) mass is 357 g/mol. The van der Waals surface area contributed by atoms with Crippen molar-refractivity contribution in [1.29, 1.82) is 0 Å². The third-order valence-corrected chi connectivity index (χ3v) is 4.16. The fourth-order valence-electron chi connectivity index (χ4n) is 2.85. The Kier molecular flexibility index (Phi) is 6.41. The van der Waals surface area contributed by atoms with E-state index in [0.29, 0.717) is 13.0 Å². The highest BCUT2D eigenvalue weighted by Crippen LogP contribution is 2.34. The fraction of sp³-hybridized carbons (Fsp3) is 0.529. The molecule has 0 saturated carbocycles. The van der Waals surface area contributed by atoms with E-state index < -0.39 is 17.6 Å². The number of carbonyl (C=O) groups excluding carboxylic acids is 2. The summed E-state index contributed by atoms with van der Waals surface area (Å²) in [7, 11) is 0. The molecule has 5 nitrogen and oxygen atoms in total. The number of alkyl halides is 3. The van der Waals surface area contributed by atoms with Crippen molar-refractivity contribution in [1.82, 2.24) is 10.2 Å². The summed E-state index contributed by atoms with van der Waals surface area (Å²) < 4.78 is 38.9. The molecular weight excluding hydrogens is 335 g/mol. The first-order valence-electron chi connectivity index (χ1n) is 8.28. The predicted octanol–water partition coefficient (Wildman–Crippen LogP) is 2.63. The predicted molar refractivity (Wildman–Crippen MR) is 88.0 cm³/mol. The minimum atomic E-state index is -4.56. The normalized spacial score (nSPS) is 17.4. The Labute approximate surface area is 144 Å². The number of rotatable bonds is 6. The summed E-state index contributed by atoms with van der Waals surface area (Å²) in [5.74, 6) is -0.826. The smallest absolute Gasteiger partial charge is 0.334 e. The quantitative estimate of drug-likeness (QED) is 0.823. The minimum absolute atomic E-state index is 0.107. The Morgan fingerprint density at radius 1 is 1.32 bits per heavy atom. The lowest BCUT2D eigenvalue weighted by Gasteiger charge is -2.22. The highest BCUT2D eigenvalue weighted by atomic mass is 19.4. The Bertz CT molecular complexity index is 613. The highest BCUT2D eigenvalue weighted by Gasteiger charge is 2.33. The molecule has 0 radical (unpaired) electrons. The van der Waals surface area contributed by atoms with Gasteiger partial charge >= 0.3 is 6.18 Å². The minimum Gasteiger partial charge on any atom is -0.334 e. The van der Waals surface area contributed by atoms with Gasteiger partial charge in [-0.2, -0.15) is 13.2 Å². The van der Waals surface area contributed by atoms with E-state index in [-0.39, 0.29) is 24.2 Å². The highest BCUT2D eigenvalue weighted by molar-refractivity contribution is 5.95. The maximum Gasteiger partial charge on any atom is 0.418 e. The lowest BCUT2D eigenvalue weighted by molar-refractivity contribution is -0.137. The summed E-state index contributed by atoms with van der Waals surface area (Å²) in [5, 5.41) is 5.47. The maximum atomic E-state index is 13.0. The molecule has 25 heavy (non-hydrogen) atoms. The van der Waals surface area contributed by atoms with Gasteiger partial charge in [-0.05, 0) is 38.4 Å². The van der Waals surface area contributed by atoms with Gasteiger partial charge in [0, 0.05) is 19.0 Å². The summed E-state index contributed by atoms with van der Waals surface area (Å²) in [4.78, 5) is 25.7. The van der Waals surface area contributed by atoms with E-state index in [2.05, 4.69) is 10.6 Å². The number of hydrogen-bond acceptors (Lipinski definition) is 3. The SMILES string of the molecule is CCN(CC(=O)Nc1ccccc1C(F)(F)F)C(=O)CC1CCCN1. The molecule has 8 heteroatoms. The van der Waals surface area contributed by atoms with E-state index in [1.54, 1.807) is 6.92 Å². The number of nitrogens with one attached hydrogen (secondary N) is 2. The second-order valence-electron chi connectivity index (χ2n) is 6.00. The zero-order chi connectivity index (χ0) is 18.4. The molecule has 1 aromatic rings. The average molecular weight is 357 g/mol. The molecule has 0 aromatic heterocycles. The molecule has 1 saturated heterocycles. The molecule has 1 aliphatic heterocycles. The van der Waals surface area contributed by atoms with Gasteiger partial charge in [0.15, 0.2) is 0 Å². The topological polar surface area (TPSA) is 61.4 Å². The Morgan fingerprint density at radius 2 is 2.04 bits per heavy atom. The molecule has 1 aromatic carbocycles. The standard InChI is InChI=1S/C17H22F3N3O2/c1-2-23(16(25)10-12-6-5-9-21-12)11-15(24)22-14-8-4-3-7-13(14)17(18,19)20/h3-4,7-8,12,21H,2,5-6,9-11H2,1H3,(H,22,24). The first kappa shape index (κ1) is 19.2. The van der Waals surface area contributed by atoms with E-state index in [1.807, 2.05) is 0 Å². The lowest BCUT2D eigenvalue weighted by Crippen LogP contribution is -2.40. The Hall–Kier alpha value is -2.09. The van der Waals surface area contributed by atoms with Gasteiger partial charge in [0.2, 0.25) is 11.8 Å². The summed E-state index contributed by atoms with van der Waals surface area (Å²) in [6.07, 6.45) is -2.34. The van der Waals surface area contributed by atoms with Crippen LogP contribution < -0.4 is 10.6 Å². The number of nitrogens with zero attached hydrogens (tertiary/aromatic N) is 1. The van der Waals surface area contributed by atoms with Gasteiger partial charge in [0.25, 0.3) is 0 Å². The van der Waals surface area contributed by atoms with Crippen LogP contribution in [0.2, 0.25) is 0 Å². The molecule has 1 atom stereocenters. The van der Waals surface area contributed by atoms with Gasteiger partial charge in [-0.3, -0.25) is 9.59 Å². The fourth-order valence-corrected chi connectivity index (χ4v) is 2.85. The van der Waals surface area contributed by atoms with E-state index in [9.17, 15) is 22.8 Å². The molecular formula is C17H22F3N3O2. The van der Waals surface area contributed by atoms with Crippen LogP contribution in [0.25, 0.3) is 0 Å². The van der Waals surface area contributed by atoms with Gasteiger partial charge in [0.05, 0.1) is 17.8 Å². The van der Waals surface area contributed by atoms with Crippen LogP contribution in [0.4, 0.5) is 18.9 Å². The van der Waals surface area contributed by atoms with Crippen molar-refractivity contribution in [3.63, 3.8) is 0 Å². The molecule has 0 spiro atoms. The van der Waals surface area contributed by atoms with Crippen molar-refractivity contribution in [2.24, 2.45) is 0 Å². The van der Waals surface area contributed by atoms with Crippen molar-refractivity contribution >= 4 is 17.5 Å². The summed E-state index contributed by atoms with van der Waals surface area (Å²) >= 11 is 0. The molecule has 0 bridgehead atoms. The molecule has 2 amide bonds. The molecule has 138 valence electrons. The van der Waals surface area contributed by atoms with E-state index >= 15 is 0 Å². The molecule has 0 aliphatic carbocycles. The molecule has 2 rings (SSSR count). The second kappa shape index (κ2) is 8.33. The Morgan fingerprint density at radius 3 is 2.64 bits per heavy atom. The van der Waals surface area contributed by atoms with Gasteiger partial charge in [-0.25, -0.2) is 0 Å². The van der Waals surface area contributed by atoms with Crippen molar-refractivity contribution in [2.75, 3.05) is 25.0 Å². The third-order valence-electron chi connectivity index (χ3n) is 4.16. The van der Waals surface area contributed by atoms with Gasteiger partial charge < -0.3 is 15.5 Å². The molecule has 2 N–H and O–H groups in total. The van der Waals surface area contributed by atoms with Crippen LogP contribution in [0.1, 0.15) is 31.7 Å². The number of likely N-dealkylation sites (N-methyl/N-ethyl adjacent to an activating group) is 1. The van der Waals surface area contributed by atoms with E-state index in [4.69, 9.17) is 0 Å². The lowest BCUT2D eigenvalue weighted by atomic mass is 10.1. The number of hydrogen-bond donors (Lipinski definition) is 2. The van der Waals surface area contributed by atoms with Crippen molar-refractivity contribution in [2.45, 2.75) is 38.4 Å². The van der Waals surface area contributed by atoms with Gasteiger partial charge in [-0.1, -0.05) is 12.1 Å². The first-order valence-corrected chi connectivity index (χ1v) is 8.28. The van der Waals surface area contributed by atoms with Crippen LogP contribution in [-0.2, 0) is 15.8 Å². The number of anilines is 1. The van der Waals surface area contributed by atoms with E-state index in [0.717, 1.165) is 25.5 Å². The third kappa shape index (κ3) is 5.45. The second-order valence-corrected chi connectivity index (χ2v) is 6.00. The summed E-state index contributed by atoms with van der Waals surface area (Å²) in [6, 6.07) is 4.88. The number of benzene rings is 1. The van der Waals surface area contributed by atoms with Crippen LogP contribution in [-0.4, -0.2) is 42.4 Å². The van der Waals surface area contributed by atoms with Crippen LogP contribution in [0, 0.1) is 0 Å². The van der Waals surface area contributed by atoms with Crippen LogP contribution >= 0.6 is 0 Å². The van der Waals surface area contributed by atoms with E-state index in [1.165, 1.54) is 23.1 Å².